The number of amides is 1. The minimum atomic E-state index is -0.188. The molecule has 1 heterocycles. The highest BCUT2D eigenvalue weighted by Crippen LogP contribution is 2.18. The van der Waals surface area contributed by atoms with Crippen molar-refractivity contribution < 1.29 is 4.79 Å². The van der Waals surface area contributed by atoms with E-state index in [1.54, 1.807) is 12.1 Å². The predicted octanol–water partition coefficient (Wildman–Crippen LogP) is 1.88. The van der Waals surface area contributed by atoms with Crippen molar-refractivity contribution in [3.63, 3.8) is 0 Å². The van der Waals surface area contributed by atoms with Gasteiger partial charge in [0.05, 0.1) is 0 Å². The minimum absolute atomic E-state index is 0.00836. The minimum Gasteiger partial charge on any atom is -0.389 e. The van der Waals surface area contributed by atoms with E-state index in [1.807, 2.05) is 6.92 Å². The van der Waals surface area contributed by atoms with Crippen LogP contribution in [-0.4, -0.2) is 21.9 Å². The molecule has 0 radical (unpaired) electrons. The predicted molar refractivity (Wildman–Crippen MR) is 76.5 cm³/mol. The third-order valence-electron chi connectivity index (χ3n) is 2.93. The Kier molecular flexibility index (Phi) is 4.40. The van der Waals surface area contributed by atoms with Crippen LogP contribution in [0.5, 0.6) is 0 Å². The van der Waals surface area contributed by atoms with Crippen LogP contribution in [0.4, 0.5) is 0 Å². The molecule has 0 bridgehead atoms. The summed E-state index contributed by atoms with van der Waals surface area (Å²) in [7, 11) is 0. The van der Waals surface area contributed by atoms with Crippen molar-refractivity contribution in [3.05, 3.63) is 29.6 Å². The number of hydrogen-bond donors (Lipinski definition) is 2. The Balaban J connectivity index is 2.76. The summed E-state index contributed by atoms with van der Waals surface area (Å²) in [6.45, 7) is 8.19. The lowest BCUT2D eigenvalue weighted by molar-refractivity contribution is 0.0905. The number of rotatable bonds is 3. The molecule has 0 aliphatic carbocycles. The molecule has 1 rings (SSSR count). The van der Waals surface area contributed by atoms with Gasteiger partial charge in [-0.2, -0.15) is 0 Å². The highest BCUT2D eigenvalue weighted by Gasteiger charge is 2.22. The lowest BCUT2D eigenvalue weighted by Crippen LogP contribution is -2.41. The maximum absolute atomic E-state index is 11.9. The molecule has 0 saturated heterocycles. The van der Waals surface area contributed by atoms with E-state index in [4.69, 9.17) is 18.0 Å². The molecule has 1 aromatic rings. The smallest absolute Gasteiger partial charge is 0.270 e. The molecule has 0 fully saturated rings. The summed E-state index contributed by atoms with van der Waals surface area (Å²) in [5.74, 6) is -0.188. The first-order chi connectivity index (χ1) is 8.21. The summed E-state index contributed by atoms with van der Waals surface area (Å²) in [6, 6.07) is 3.38. The van der Waals surface area contributed by atoms with Crippen molar-refractivity contribution >= 4 is 23.1 Å². The van der Waals surface area contributed by atoms with Gasteiger partial charge in [0.25, 0.3) is 5.91 Å². The van der Waals surface area contributed by atoms with Crippen LogP contribution in [0.3, 0.4) is 0 Å². The first-order valence-electron chi connectivity index (χ1n) is 5.78. The molecule has 0 spiro atoms. The molecule has 3 N–H and O–H groups in total. The van der Waals surface area contributed by atoms with Gasteiger partial charge in [-0.1, -0.05) is 33.0 Å². The molecule has 5 heteroatoms. The lowest BCUT2D eigenvalue weighted by Gasteiger charge is -2.27. The maximum atomic E-state index is 11.9. The molecule has 4 nitrogen and oxygen atoms in total. The molecule has 0 aromatic carbocycles. The van der Waals surface area contributed by atoms with Crippen molar-refractivity contribution in [2.45, 2.75) is 33.7 Å². The van der Waals surface area contributed by atoms with Crippen molar-refractivity contribution in [1.29, 1.82) is 0 Å². The van der Waals surface area contributed by atoms with E-state index in [0.717, 1.165) is 0 Å². The van der Waals surface area contributed by atoms with Crippen LogP contribution in [0.25, 0.3) is 0 Å². The zero-order valence-corrected chi connectivity index (χ0v) is 12.0. The highest BCUT2D eigenvalue weighted by molar-refractivity contribution is 7.80. The van der Waals surface area contributed by atoms with Crippen LogP contribution >= 0.6 is 12.2 Å². The number of thiocarbonyl (C=S) groups is 1. The number of carbonyl (C=O) groups excluding carboxylic acids is 1. The number of hydrogen-bond acceptors (Lipinski definition) is 3. The maximum Gasteiger partial charge on any atom is 0.270 e. The topological polar surface area (TPSA) is 68.0 Å². The van der Waals surface area contributed by atoms with Crippen molar-refractivity contribution in [3.8, 4) is 0 Å². The summed E-state index contributed by atoms with van der Waals surface area (Å²) >= 11 is 4.83. The van der Waals surface area contributed by atoms with Gasteiger partial charge in [0.1, 0.15) is 10.7 Å². The van der Waals surface area contributed by atoms with Crippen molar-refractivity contribution in [1.82, 2.24) is 10.3 Å². The summed E-state index contributed by atoms with van der Waals surface area (Å²) in [4.78, 5) is 16.3. The van der Waals surface area contributed by atoms with E-state index in [-0.39, 0.29) is 22.4 Å². The summed E-state index contributed by atoms with van der Waals surface area (Å²) in [6.07, 6.45) is 1.51. The molecule has 0 aliphatic rings. The zero-order valence-electron chi connectivity index (χ0n) is 11.2. The molecule has 1 unspecified atom stereocenters. The number of nitrogens with two attached hydrogens (primary N) is 1. The standard InChI is InChI=1S/C13H19N3OS/c1-8(13(2,3)4)16-12(17)10-6-5-9(7-15-10)11(14)18/h5-8H,1-4H3,(H2,14,18)(H,16,17). The van der Waals surface area contributed by atoms with Gasteiger partial charge in [0.15, 0.2) is 0 Å². The van der Waals surface area contributed by atoms with Crippen LogP contribution in [0.2, 0.25) is 0 Å². The van der Waals surface area contributed by atoms with E-state index in [0.29, 0.717) is 11.3 Å². The Labute approximate surface area is 113 Å². The van der Waals surface area contributed by atoms with Crippen LogP contribution in [-0.2, 0) is 0 Å². The third kappa shape index (κ3) is 3.77. The molecule has 98 valence electrons. The van der Waals surface area contributed by atoms with Gasteiger partial charge < -0.3 is 11.1 Å². The zero-order chi connectivity index (χ0) is 13.9. The number of carbonyl (C=O) groups is 1. The third-order valence-corrected chi connectivity index (χ3v) is 3.16. The Hall–Kier alpha value is -1.49. The Morgan fingerprint density at radius 3 is 2.44 bits per heavy atom. The fourth-order valence-electron chi connectivity index (χ4n) is 1.16. The molecule has 1 amide bonds. The number of pyridine rings is 1. The quantitative estimate of drug-likeness (QED) is 0.819. The first kappa shape index (κ1) is 14.6. The van der Waals surface area contributed by atoms with Crippen LogP contribution in [0, 0.1) is 5.41 Å². The second-order valence-corrected chi connectivity index (χ2v) is 5.80. The number of nitrogens with zero attached hydrogens (tertiary/aromatic N) is 1. The summed E-state index contributed by atoms with van der Waals surface area (Å²) < 4.78 is 0. The van der Waals surface area contributed by atoms with Gasteiger partial charge in [-0.3, -0.25) is 9.78 Å². The first-order valence-corrected chi connectivity index (χ1v) is 6.19. The molecule has 0 saturated carbocycles. The molecule has 0 aliphatic heterocycles. The van der Waals surface area contributed by atoms with Crippen molar-refractivity contribution in [2.24, 2.45) is 11.1 Å². The molecular weight excluding hydrogens is 246 g/mol. The summed E-state index contributed by atoms with van der Waals surface area (Å²) in [5, 5.41) is 2.92. The van der Waals surface area contributed by atoms with E-state index >= 15 is 0 Å². The lowest BCUT2D eigenvalue weighted by atomic mass is 9.88. The Morgan fingerprint density at radius 2 is 2.06 bits per heavy atom. The van der Waals surface area contributed by atoms with Crippen molar-refractivity contribution in [2.75, 3.05) is 0 Å². The van der Waals surface area contributed by atoms with Gasteiger partial charge >= 0.3 is 0 Å². The van der Waals surface area contributed by atoms with Crippen LogP contribution < -0.4 is 11.1 Å². The fourth-order valence-corrected chi connectivity index (χ4v) is 1.28. The normalized spacial score (nSPS) is 12.9. The summed E-state index contributed by atoms with van der Waals surface area (Å²) in [5.41, 5.74) is 6.50. The van der Waals surface area contributed by atoms with Gasteiger partial charge in [0, 0.05) is 17.8 Å². The molecule has 1 aromatic heterocycles. The van der Waals surface area contributed by atoms with Crippen LogP contribution in [0.1, 0.15) is 43.7 Å². The second kappa shape index (κ2) is 5.44. The Bertz CT molecular complexity index is 448. The monoisotopic (exact) mass is 265 g/mol. The van der Waals surface area contributed by atoms with Gasteiger partial charge in [-0.15, -0.1) is 0 Å². The van der Waals surface area contributed by atoms with Gasteiger partial charge in [-0.25, -0.2) is 0 Å². The van der Waals surface area contributed by atoms with E-state index in [1.165, 1.54) is 6.20 Å². The molecular formula is C13H19N3OS. The van der Waals surface area contributed by atoms with Crippen LogP contribution in [0.15, 0.2) is 18.3 Å². The molecule has 1 atom stereocenters. The van der Waals surface area contributed by atoms with Gasteiger partial charge in [-0.05, 0) is 24.5 Å². The fraction of sp³-hybridized carbons (Fsp3) is 0.462. The highest BCUT2D eigenvalue weighted by atomic mass is 32.1. The Morgan fingerprint density at radius 1 is 1.44 bits per heavy atom. The van der Waals surface area contributed by atoms with E-state index in [9.17, 15) is 4.79 Å². The van der Waals surface area contributed by atoms with E-state index < -0.39 is 0 Å². The number of aromatic nitrogens is 1. The molecule has 18 heavy (non-hydrogen) atoms. The number of nitrogens with one attached hydrogen (secondary N) is 1. The van der Waals surface area contributed by atoms with E-state index in [2.05, 4.69) is 31.1 Å². The average Bonchev–Trinajstić information content (AvgIpc) is 2.27. The van der Waals surface area contributed by atoms with Gasteiger partial charge in [0.2, 0.25) is 0 Å². The second-order valence-electron chi connectivity index (χ2n) is 5.36. The largest absolute Gasteiger partial charge is 0.389 e. The SMILES string of the molecule is CC(NC(=O)c1ccc(C(N)=S)cn1)C(C)(C)C. The average molecular weight is 265 g/mol.